The average Bonchev–Trinajstić information content (AvgIpc) is 2.89. The quantitative estimate of drug-likeness (QED) is 0.907. The second-order valence-corrected chi connectivity index (χ2v) is 5.37. The van der Waals surface area contributed by atoms with Crippen LogP contribution in [0.3, 0.4) is 0 Å². The van der Waals surface area contributed by atoms with Gasteiger partial charge in [-0.15, -0.1) is 0 Å². The first-order valence-electron chi connectivity index (χ1n) is 7.17. The van der Waals surface area contributed by atoms with Gasteiger partial charge < -0.3 is 5.32 Å². The minimum atomic E-state index is -0.449. The number of nitrogens with one attached hydrogen (secondary N) is 1. The highest BCUT2D eigenvalue weighted by molar-refractivity contribution is 6.08. The van der Waals surface area contributed by atoms with Crippen molar-refractivity contribution in [3.63, 3.8) is 0 Å². The first-order valence-corrected chi connectivity index (χ1v) is 7.17. The Kier molecular flexibility index (Phi) is 4.11. The van der Waals surface area contributed by atoms with E-state index in [1.54, 1.807) is 15.8 Å². The van der Waals surface area contributed by atoms with Gasteiger partial charge in [-0.3, -0.25) is 19.2 Å². The summed E-state index contributed by atoms with van der Waals surface area (Å²) in [5.41, 5.74) is 0.698. The van der Waals surface area contributed by atoms with E-state index in [4.69, 9.17) is 0 Å². The number of amides is 2. The predicted octanol–water partition coefficient (Wildman–Crippen LogP) is 1.48. The van der Waals surface area contributed by atoms with Crippen LogP contribution in [0.25, 0.3) is 0 Å². The number of aromatic nitrogens is 2. The molecule has 2 amide bonds. The SMILES string of the molecule is CCC1NC(=O)C(CC)N(c2cnn(C(C)C)c2)C1=O. The number of piperazine rings is 1. The Hall–Kier alpha value is -1.85. The maximum absolute atomic E-state index is 12.5. The molecule has 1 N–H and O–H groups in total. The van der Waals surface area contributed by atoms with Crippen molar-refractivity contribution in [2.24, 2.45) is 0 Å². The number of carbonyl (C=O) groups is 2. The normalized spacial score (nSPS) is 23.4. The molecule has 2 unspecified atom stereocenters. The average molecular weight is 278 g/mol. The summed E-state index contributed by atoms with van der Waals surface area (Å²) in [7, 11) is 0. The molecule has 2 atom stereocenters. The molecule has 1 saturated heterocycles. The van der Waals surface area contributed by atoms with Crippen molar-refractivity contribution in [3.05, 3.63) is 12.4 Å². The van der Waals surface area contributed by atoms with Gasteiger partial charge in [-0.05, 0) is 26.7 Å². The van der Waals surface area contributed by atoms with Crippen molar-refractivity contribution in [2.45, 2.75) is 58.7 Å². The third kappa shape index (κ3) is 2.42. The molecule has 0 radical (unpaired) electrons. The van der Waals surface area contributed by atoms with Crippen molar-refractivity contribution in [2.75, 3.05) is 4.90 Å². The van der Waals surface area contributed by atoms with Gasteiger partial charge in [0.1, 0.15) is 12.1 Å². The van der Waals surface area contributed by atoms with Crippen LogP contribution in [0.4, 0.5) is 5.69 Å². The van der Waals surface area contributed by atoms with E-state index in [9.17, 15) is 9.59 Å². The number of hydrogen-bond donors (Lipinski definition) is 1. The maximum Gasteiger partial charge on any atom is 0.250 e. The van der Waals surface area contributed by atoms with E-state index in [-0.39, 0.29) is 17.9 Å². The van der Waals surface area contributed by atoms with Gasteiger partial charge in [-0.2, -0.15) is 5.10 Å². The molecule has 1 fully saturated rings. The van der Waals surface area contributed by atoms with Gasteiger partial charge >= 0.3 is 0 Å². The van der Waals surface area contributed by atoms with E-state index in [0.717, 1.165) is 0 Å². The Bertz CT molecular complexity index is 509. The largest absolute Gasteiger partial charge is 0.342 e. The lowest BCUT2D eigenvalue weighted by atomic mass is 10.0. The van der Waals surface area contributed by atoms with Crippen LogP contribution >= 0.6 is 0 Å². The van der Waals surface area contributed by atoms with Crippen molar-refractivity contribution < 1.29 is 9.59 Å². The molecule has 0 aliphatic carbocycles. The minimum Gasteiger partial charge on any atom is -0.342 e. The summed E-state index contributed by atoms with van der Waals surface area (Å²) in [6, 6.07) is -0.665. The maximum atomic E-state index is 12.5. The molecule has 1 aromatic heterocycles. The van der Waals surface area contributed by atoms with Crippen molar-refractivity contribution >= 4 is 17.5 Å². The molecule has 6 nitrogen and oxygen atoms in total. The van der Waals surface area contributed by atoms with Crippen LogP contribution in [-0.4, -0.2) is 33.7 Å². The number of nitrogens with zero attached hydrogens (tertiary/aromatic N) is 3. The van der Waals surface area contributed by atoms with E-state index in [1.807, 2.05) is 33.9 Å². The third-order valence-corrected chi connectivity index (χ3v) is 3.66. The highest BCUT2D eigenvalue weighted by Crippen LogP contribution is 2.24. The fourth-order valence-electron chi connectivity index (χ4n) is 2.46. The molecule has 1 aromatic rings. The van der Waals surface area contributed by atoms with Gasteiger partial charge in [0.05, 0.1) is 11.9 Å². The predicted molar refractivity (Wildman–Crippen MR) is 76.4 cm³/mol. The van der Waals surface area contributed by atoms with Gasteiger partial charge in [0.15, 0.2) is 0 Å². The molecule has 20 heavy (non-hydrogen) atoms. The van der Waals surface area contributed by atoms with Crippen molar-refractivity contribution in [3.8, 4) is 0 Å². The lowest BCUT2D eigenvalue weighted by molar-refractivity contribution is -0.134. The van der Waals surface area contributed by atoms with Crippen LogP contribution in [-0.2, 0) is 9.59 Å². The molecule has 1 aliphatic rings. The van der Waals surface area contributed by atoms with Crippen LogP contribution < -0.4 is 10.2 Å². The lowest BCUT2D eigenvalue weighted by Gasteiger charge is -2.37. The molecule has 0 spiro atoms. The van der Waals surface area contributed by atoms with Crippen LogP contribution in [0.15, 0.2) is 12.4 Å². The fourth-order valence-corrected chi connectivity index (χ4v) is 2.46. The van der Waals surface area contributed by atoms with Crippen molar-refractivity contribution in [1.29, 1.82) is 0 Å². The van der Waals surface area contributed by atoms with Gasteiger partial charge in [0, 0.05) is 12.2 Å². The molecule has 6 heteroatoms. The molecular formula is C14H22N4O2. The van der Waals surface area contributed by atoms with Crippen LogP contribution in [0.1, 0.15) is 46.6 Å². The van der Waals surface area contributed by atoms with Crippen LogP contribution in [0.5, 0.6) is 0 Å². The molecule has 110 valence electrons. The number of anilines is 1. The molecular weight excluding hydrogens is 256 g/mol. The van der Waals surface area contributed by atoms with E-state index in [1.165, 1.54) is 0 Å². The van der Waals surface area contributed by atoms with Crippen LogP contribution in [0.2, 0.25) is 0 Å². The van der Waals surface area contributed by atoms with Crippen LogP contribution in [0, 0.1) is 0 Å². The summed E-state index contributed by atoms with van der Waals surface area (Å²) in [6.07, 6.45) is 4.67. The van der Waals surface area contributed by atoms with Gasteiger partial charge in [0.25, 0.3) is 0 Å². The molecule has 1 aliphatic heterocycles. The summed E-state index contributed by atoms with van der Waals surface area (Å²) in [4.78, 5) is 26.3. The highest BCUT2D eigenvalue weighted by Gasteiger charge is 2.40. The molecule has 0 aromatic carbocycles. The summed E-state index contributed by atoms with van der Waals surface area (Å²) in [6.45, 7) is 7.84. The topological polar surface area (TPSA) is 67.2 Å². The Morgan fingerprint density at radius 2 is 2.00 bits per heavy atom. The third-order valence-electron chi connectivity index (χ3n) is 3.66. The lowest BCUT2D eigenvalue weighted by Crippen LogP contribution is -2.63. The van der Waals surface area contributed by atoms with Gasteiger partial charge in [-0.25, -0.2) is 0 Å². The van der Waals surface area contributed by atoms with Gasteiger partial charge in [0.2, 0.25) is 11.8 Å². The molecule has 0 bridgehead atoms. The highest BCUT2D eigenvalue weighted by atomic mass is 16.2. The first-order chi connectivity index (χ1) is 9.49. The zero-order valence-electron chi connectivity index (χ0n) is 12.5. The second kappa shape index (κ2) is 5.64. The fraction of sp³-hybridized carbons (Fsp3) is 0.643. The number of carbonyl (C=O) groups excluding carboxylic acids is 2. The standard InChI is InChI=1S/C14H22N4O2/c1-5-11-14(20)18(12(6-2)13(19)16-11)10-7-15-17(8-10)9(3)4/h7-9,11-12H,5-6H2,1-4H3,(H,16,19). The smallest absolute Gasteiger partial charge is 0.250 e. The first kappa shape index (κ1) is 14.6. The monoisotopic (exact) mass is 278 g/mol. The Morgan fingerprint density at radius 3 is 2.50 bits per heavy atom. The Morgan fingerprint density at radius 1 is 1.30 bits per heavy atom. The summed E-state index contributed by atoms with van der Waals surface area (Å²) in [5, 5.41) is 7.05. The van der Waals surface area contributed by atoms with E-state index in [2.05, 4.69) is 10.4 Å². The van der Waals surface area contributed by atoms with E-state index < -0.39 is 12.1 Å². The minimum absolute atomic E-state index is 0.0535. The van der Waals surface area contributed by atoms with E-state index >= 15 is 0 Å². The summed E-state index contributed by atoms with van der Waals surface area (Å²) in [5.74, 6) is -0.140. The number of hydrogen-bond acceptors (Lipinski definition) is 3. The number of rotatable bonds is 4. The summed E-state index contributed by atoms with van der Waals surface area (Å²) < 4.78 is 1.79. The van der Waals surface area contributed by atoms with Crippen molar-refractivity contribution in [1.82, 2.24) is 15.1 Å². The van der Waals surface area contributed by atoms with Gasteiger partial charge in [-0.1, -0.05) is 13.8 Å². The zero-order valence-corrected chi connectivity index (χ0v) is 12.5. The molecule has 2 heterocycles. The zero-order chi connectivity index (χ0) is 14.9. The second-order valence-electron chi connectivity index (χ2n) is 5.37. The summed E-state index contributed by atoms with van der Waals surface area (Å²) >= 11 is 0. The molecule has 0 saturated carbocycles. The Labute approximate surface area is 119 Å². The van der Waals surface area contributed by atoms with E-state index in [0.29, 0.717) is 18.5 Å². The Balaban J connectivity index is 2.37. The molecule has 2 rings (SSSR count).